The molecule has 0 radical (unpaired) electrons. The van der Waals surface area contributed by atoms with Gasteiger partial charge >= 0.3 is 0 Å². The largest absolute Gasteiger partial charge is 0.338 e. The maximum atomic E-state index is 9.03. The lowest BCUT2D eigenvalue weighted by atomic mass is 10.0. The van der Waals surface area contributed by atoms with E-state index >= 15 is 0 Å². The first-order valence-corrected chi connectivity index (χ1v) is 8.99. The number of rotatable bonds is 7. The molecule has 0 spiro atoms. The van der Waals surface area contributed by atoms with Crippen molar-refractivity contribution in [3.8, 4) is 0 Å². The van der Waals surface area contributed by atoms with Crippen LogP contribution in [0.15, 0.2) is 0 Å². The Balaban J connectivity index is 0. The lowest BCUT2D eigenvalue weighted by molar-refractivity contribution is 0.492. The molecule has 0 saturated carbocycles. The van der Waals surface area contributed by atoms with Crippen LogP contribution < -0.4 is 0 Å². The SMILES string of the molecule is CCCCC(CC)CSP(O)(O)=S.P. The highest BCUT2D eigenvalue weighted by Crippen LogP contribution is 2.51. The van der Waals surface area contributed by atoms with Crippen LogP contribution >= 0.6 is 27.0 Å². The Morgan fingerprint density at radius 1 is 1.36 bits per heavy atom. The molecule has 2 N–H and O–H groups in total. The first-order valence-electron chi connectivity index (χ1n) is 4.69. The third-order valence-electron chi connectivity index (χ3n) is 2.02. The van der Waals surface area contributed by atoms with Crippen LogP contribution in [-0.4, -0.2) is 15.5 Å². The standard InChI is InChI=1S/C8H19O2PS2.H3P/c1-3-5-6-8(4-2)7-13-11(9,10)12;/h8H,3-7H2,1-2H3,(H2,9,10,12);1H3. The molecule has 0 rings (SSSR count). The smallest absolute Gasteiger partial charge is 0.242 e. The van der Waals surface area contributed by atoms with E-state index in [1.807, 2.05) is 0 Å². The van der Waals surface area contributed by atoms with Gasteiger partial charge in [0, 0.05) is 5.75 Å². The first kappa shape index (κ1) is 17.7. The molecule has 88 valence electrons. The monoisotopic (exact) mass is 276 g/mol. The van der Waals surface area contributed by atoms with Crippen LogP contribution in [0.4, 0.5) is 0 Å². The zero-order valence-corrected chi connectivity index (χ0v) is 12.9. The van der Waals surface area contributed by atoms with Gasteiger partial charge in [-0.2, -0.15) is 9.90 Å². The van der Waals surface area contributed by atoms with Crippen LogP contribution in [0.5, 0.6) is 0 Å². The summed E-state index contributed by atoms with van der Waals surface area (Å²) in [5, 5.41) is 0. The van der Waals surface area contributed by atoms with E-state index in [2.05, 4.69) is 25.7 Å². The van der Waals surface area contributed by atoms with Crippen LogP contribution in [0.25, 0.3) is 0 Å². The van der Waals surface area contributed by atoms with Crippen molar-refractivity contribution in [3.63, 3.8) is 0 Å². The summed E-state index contributed by atoms with van der Waals surface area (Å²) >= 11 is 5.70. The Hall–Kier alpha value is 1.35. The van der Waals surface area contributed by atoms with Crippen LogP contribution in [0.1, 0.15) is 39.5 Å². The maximum Gasteiger partial charge on any atom is 0.242 e. The molecule has 2 atom stereocenters. The molecule has 0 aliphatic carbocycles. The predicted octanol–water partition coefficient (Wildman–Crippen LogP) is 3.20. The van der Waals surface area contributed by atoms with Crippen molar-refractivity contribution >= 4 is 38.8 Å². The first-order chi connectivity index (χ1) is 5.99. The molecule has 0 bridgehead atoms. The van der Waals surface area contributed by atoms with Gasteiger partial charge in [-0.25, -0.2) is 0 Å². The van der Waals surface area contributed by atoms with Crippen molar-refractivity contribution in [2.24, 2.45) is 5.92 Å². The second-order valence-electron chi connectivity index (χ2n) is 3.20. The van der Waals surface area contributed by atoms with Gasteiger partial charge in [0.25, 0.3) is 0 Å². The van der Waals surface area contributed by atoms with E-state index in [1.165, 1.54) is 19.3 Å². The van der Waals surface area contributed by atoms with Crippen molar-refractivity contribution in [1.82, 2.24) is 0 Å². The molecule has 14 heavy (non-hydrogen) atoms. The minimum Gasteiger partial charge on any atom is -0.338 e. The molecular weight excluding hydrogens is 254 g/mol. The van der Waals surface area contributed by atoms with E-state index < -0.39 is 5.69 Å². The highest BCUT2D eigenvalue weighted by atomic mass is 32.9. The Morgan fingerprint density at radius 3 is 2.29 bits per heavy atom. The molecule has 0 saturated heterocycles. The minimum atomic E-state index is -3.01. The molecule has 2 nitrogen and oxygen atoms in total. The van der Waals surface area contributed by atoms with E-state index in [4.69, 9.17) is 9.79 Å². The number of hydrogen-bond acceptors (Lipinski definition) is 2. The van der Waals surface area contributed by atoms with Crippen molar-refractivity contribution in [3.05, 3.63) is 0 Å². The van der Waals surface area contributed by atoms with Crippen molar-refractivity contribution in [2.45, 2.75) is 39.5 Å². The van der Waals surface area contributed by atoms with Gasteiger partial charge in [-0.3, -0.25) is 0 Å². The highest BCUT2D eigenvalue weighted by molar-refractivity contribution is 8.67. The number of unbranched alkanes of at least 4 members (excludes halogenated alkanes) is 1. The van der Waals surface area contributed by atoms with Gasteiger partial charge in [-0.1, -0.05) is 44.5 Å². The molecule has 6 heteroatoms. The van der Waals surface area contributed by atoms with E-state index in [0.29, 0.717) is 5.92 Å². The fourth-order valence-electron chi connectivity index (χ4n) is 1.10. The average molecular weight is 276 g/mol. The highest BCUT2D eigenvalue weighted by Gasteiger charge is 2.12. The van der Waals surface area contributed by atoms with Gasteiger partial charge in [-0.15, -0.1) is 0 Å². The van der Waals surface area contributed by atoms with Crippen molar-refractivity contribution < 1.29 is 9.79 Å². The molecule has 0 amide bonds. The summed E-state index contributed by atoms with van der Waals surface area (Å²) in [5.74, 6) is 1.38. The third-order valence-corrected chi connectivity index (χ3v) is 5.38. The van der Waals surface area contributed by atoms with Gasteiger partial charge < -0.3 is 9.79 Å². The third kappa shape index (κ3) is 11.4. The topological polar surface area (TPSA) is 40.5 Å². The fourth-order valence-corrected chi connectivity index (χ4v) is 3.67. The molecule has 0 aromatic heterocycles. The van der Waals surface area contributed by atoms with Gasteiger partial charge in [0.2, 0.25) is 5.69 Å². The second kappa shape index (κ2) is 9.57. The van der Waals surface area contributed by atoms with Crippen LogP contribution in [0.3, 0.4) is 0 Å². The van der Waals surface area contributed by atoms with Crippen molar-refractivity contribution in [2.75, 3.05) is 5.75 Å². The quantitative estimate of drug-likeness (QED) is 0.701. The summed E-state index contributed by atoms with van der Waals surface area (Å²) in [6.07, 6.45) is 4.70. The Bertz CT molecular complexity index is 173. The lowest BCUT2D eigenvalue weighted by Crippen LogP contribution is -2.01. The summed E-state index contributed by atoms with van der Waals surface area (Å²) in [5.41, 5.74) is -3.01. The average Bonchev–Trinajstić information content (AvgIpc) is 2.03. The Morgan fingerprint density at radius 2 is 1.93 bits per heavy atom. The molecule has 0 aromatic rings. The summed E-state index contributed by atoms with van der Waals surface area (Å²) in [4.78, 5) is 18.1. The zero-order chi connectivity index (χ0) is 10.3. The maximum absolute atomic E-state index is 9.03. The summed E-state index contributed by atoms with van der Waals surface area (Å²) in [7, 11) is 0. The summed E-state index contributed by atoms with van der Waals surface area (Å²) < 4.78 is 0. The number of hydrogen-bond donors (Lipinski definition) is 2. The molecule has 2 unspecified atom stereocenters. The van der Waals surface area contributed by atoms with Crippen LogP contribution in [0.2, 0.25) is 0 Å². The molecule has 0 aliphatic rings. The normalized spacial score (nSPS) is 13.4. The molecule has 0 aromatic carbocycles. The van der Waals surface area contributed by atoms with Gasteiger partial charge in [0.1, 0.15) is 0 Å². The van der Waals surface area contributed by atoms with Gasteiger partial charge in [-0.05, 0) is 24.1 Å². The van der Waals surface area contributed by atoms with Crippen LogP contribution in [-0.2, 0) is 11.8 Å². The van der Waals surface area contributed by atoms with E-state index in [9.17, 15) is 0 Å². The fraction of sp³-hybridized carbons (Fsp3) is 1.00. The second-order valence-corrected chi connectivity index (χ2v) is 9.30. The zero-order valence-electron chi connectivity index (χ0n) is 8.98. The summed E-state index contributed by atoms with van der Waals surface area (Å²) in [6.45, 7) is 4.31. The van der Waals surface area contributed by atoms with Gasteiger partial charge in [0.05, 0.1) is 0 Å². The Kier molecular flexibility index (Phi) is 12.1. The van der Waals surface area contributed by atoms with Gasteiger partial charge in [0.15, 0.2) is 0 Å². The van der Waals surface area contributed by atoms with E-state index in [1.54, 1.807) is 0 Å². The van der Waals surface area contributed by atoms with E-state index in [-0.39, 0.29) is 9.90 Å². The molecular formula is C8H22O2P2S2. The summed E-state index contributed by atoms with van der Waals surface area (Å²) in [6, 6.07) is 0. The predicted molar refractivity (Wildman–Crippen MR) is 75.6 cm³/mol. The van der Waals surface area contributed by atoms with E-state index in [0.717, 1.165) is 23.6 Å². The molecule has 0 aliphatic heterocycles. The van der Waals surface area contributed by atoms with Crippen molar-refractivity contribution in [1.29, 1.82) is 0 Å². The lowest BCUT2D eigenvalue weighted by Gasteiger charge is -2.15. The van der Waals surface area contributed by atoms with Crippen LogP contribution in [0, 0.1) is 5.92 Å². The minimum absolute atomic E-state index is 0. The molecule has 0 fully saturated rings. The Labute approximate surface area is 99.8 Å². The molecule has 0 heterocycles.